The molecule has 0 saturated carbocycles. The lowest BCUT2D eigenvalue weighted by Crippen LogP contribution is -2.26. The number of rotatable bonds is 5. The first-order valence-corrected chi connectivity index (χ1v) is 9.53. The van der Waals surface area contributed by atoms with Gasteiger partial charge in [0, 0.05) is 6.54 Å². The minimum Gasteiger partial charge on any atom is -0.313 e. The van der Waals surface area contributed by atoms with Crippen LogP contribution in [0.2, 0.25) is 0 Å². The Balaban J connectivity index is 1.72. The summed E-state index contributed by atoms with van der Waals surface area (Å²) in [5.74, 6) is 0.825. The third-order valence-electron chi connectivity index (χ3n) is 3.72. The van der Waals surface area contributed by atoms with Gasteiger partial charge in [-0.05, 0) is 48.7 Å². The topological polar surface area (TPSA) is 46.2 Å². The van der Waals surface area contributed by atoms with Gasteiger partial charge in [-0.15, -0.1) is 11.3 Å². The fourth-order valence-corrected chi connectivity index (χ4v) is 4.86. The minimum absolute atomic E-state index is 0.198. The zero-order valence-corrected chi connectivity index (χ0v) is 13.1. The average molecular weight is 341 g/mol. The molecule has 1 aliphatic heterocycles. The van der Waals surface area contributed by atoms with E-state index in [0.29, 0.717) is 36.6 Å². The van der Waals surface area contributed by atoms with E-state index in [1.54, 1.807) is 0 Å². The van der Waals surface area contributed by atoms with Gasteiger partial charge < -0.3 is 5.32 Å². The quantitative estimate of drug-likeness (QED) is 0.837. The largest absolute Gasteiger partial charge is 0.425 e. The Hall–Kier alpha value is -0.600. The second-order valence-electron chi connectivity index (χ2n) is 5.33. The molecule has 2 rings (SSSR count). The monoisotopic (exact) mass is 341 g/mol. The number of hydrogen-bond acceptors (Lipinski definition) is 4. The molecular formula is C13H18F3NO2S2. The number of nitrogens with one attached hydrogen (secondary N) is 1. The van der Waals surface area contributed by atoms with Gasteiger partial charge in [-0.2, -0.15) is 13.2 Å². The van der Waals surface area contributed by atoms with Crippen molar-refractivity contribution in [2.45, 2.75) is 32.0 Å². The van der Waals surface area contributed by atoms with E-state index in [-0.39, 0.29) is 23.6 Å². The predicted molar refractivity (Wildman–Crippen MR) is 77.0 cm³/mol. The molecule has 0 aliphatic carbocycles. The van der Waals surface area contributed by atoms with Crippen molar-refractivity contribution in [1.29, 1.82) is 0 Å². The molecule has 3 nitrogen and oxygen atoms in total. The molecule has 1 aromatic heterocycles. The summed E-state index contributed by atoms with van der Waals surface area (Å²) in [6, 6.07) is 1.49. The maximum atomic E-state index is 12.7. The van der Waals surface area contributed by atoms with Crippen LogP contribution in [-0.2, 0) is 22.6 Å². The molecule has 1 saturated heterocycles. The molecule has 1 aromatic rings. The number of hydrogen-bond donors (Lipinski definition) is 1. The molecule has 1 fully saturated rings. The number of halogens is 3. The van der Waals surface area contributed by atoms with Gasteiger partial charge in [0.1, 0.15) is 14.7 Å². The predicted octanol–water partition coefficient (Wildman–Crippen LogP) is 3.07. The lowest BCUT2D eigenvalue weighted by molar-refractivity contribution is -0.134. The third kappa shape index (κ3) is 4.96. The van der Waals surface area contributed by atoms with Crippen molar-refractivity contribution in [2.24, 2.45) is 5.92 Å². The second-order valence-corrected chi connectivity index (χ2v) is 8.55. The second kappa shape index (κ2) is 6.66. The van der Waals surface area contributed by atoms with E-state index in [0.717, 1.165) is 6.42 Å². The van der Waals surface area contributed by atoms with Crippen LogP contribution >= 0.6 is 11.3 Å². The van der Waals surface area contributed by atoms with Gasteiger partial charge in [0.2, 0.25) is 0 Å². The zero-order chi connectivity index (χ0) is 15.5. The Morgan fingerprint density at radius 1 is 1.29 bits per heavy atom. The molecule has 21 heavy (non-hydrogen) atoms. The summed E-state index contributed by atoms with van der Waals surface area (Å²) in [4.78, 5) is -0.543. The molecule has 0 amide bonds. The molecule has 1 N–H and O–H groups in total. The van der Waals surface area contributed by atoms with Crippen LogP contribution in [0.4, 0.5) is 13.2 Å². The van der Waals surface area contributed by atoms with E-state index in [2.05, 4.69) is 5.32 Å². The molecule has 0 radical (unpaired) electrons. The van der Waals surface area contributed by atoms with Gasteiger partial charge in [-0.1, -0.05) is 0 Å². The van der Waals surface area contributed by atoms with Gasteiger partial charge in [-0.3, -0.25) is 0 Å². The van der Waals surface area contributed by atoms with Crippen LogP contribution in [0.25, 0.3) is 0 Å². The van der Waals surface area contributed by atoms with Gasteiger partial charge in [0.25, 0.3) is 0 Å². The van der Waals surface area contributed by atoms with Crippen molar-refractivity contribution in [3.63, 3.8) is 0 Å². The van der Waals surface area contributed by atoms with E-state index in [1.165, 1.54) is 11.4 Å². The van der Waals surface area contributed by atoms with E-state index in [9.17, 15) is 21.6 Å². The summed E-state index contributed by atoms with van der Waals surface area (Å²) in [5.41, 5.74) is 0.277. The van der Waals surface area contributed by atoms with Crippen molar-refractivity contribution in [3.05, 3.63) is 21.9 Å². The third-order valence-corrected chi connectivity index (χ3v) is 6.44. The zero-order valence-electron chi connectivity index (χ0n) is 11.4. The Morgan fingerprint density at radius 3 is 2.57 bits per heavy atom. The smallest absolute Gasteiger partial charge is 0.313 e. The van der Waals surface area contributed by atoms with Crippen molar-refractivity contribution in [1.82, 2.24) is 5.32 Å². The molecular weight excluding hydrogens is 323 g/mol. The van der Waals surface area contributed by atoms with Gasteiger partial charge in [0.05, 0.1) is 11.5 Å². The van der Waals surface area contributed by atoms with Gasteiger partial charge in [0.15, 0.2) is 0 Å². The summed E-state index contributed by atoms with van der Waals surface area (Å²) in [6.07, 6.45) is -2.16. The highest BCUT2D eigenvalue weighted by Gasteiger charge is 2.34. The fourth-order valence-electron chi connectivity index (χ4n) is 2.48. The minimum atomic E-state index is -4.29. The lowest BCUT2D eigenvalue weighted by atomic mass is 9.99. The number of alkyl halides is 3. The van der Waals surface area contributed by atoms with E-state index in [4.69, 9.17) is 0 Å². The van der Waals surface area contributed by atoms with Crippen LogP contribution in [0.3, 0.4) is 0 Å². The Morgan fingerprint density at radius 2 is 1.95 bits per heavy atom. The van der Waals surface area contributed by atoms with Crippen LogP contribution in [0, 0.1) is 5.92 Å². The molecule has 120 valence electrons. The van der Waals surface area contributed by atoms with Crippen LogP contribution in [-0.4, -0.2) is 26.5 Å². The molecule has 8 heteroatoms. The summed E-state index contributed by atoms with van der Waals surface area (Å²) in [5, 5.41) is 4.48. The molecule has 0 aromatic carbocycles. The van der Waals surface area contributed by atoms with Crippen LogP contribution < -0.4 is 5.32 Å². The Bertz CT molecular complexity index is 552. The highest BCUT2D eigenvalue weighted by molar-refractivity contribution is 7.91. The molecule has 1 aliphatic rings. The van der Waals surface area contributed by atoms with E-state index < -0.39 is 20.9 Å². The van der Waals surface area contributed by atoms with E-state index >= 15 is 0 Å². The van der Waals surface area contributed by atoms with Gasteiger partial charge >= 0.3 is 6.18 Å². The summed E-state index contributed by atoms with van der Waals surface area (Å²) < 4.78 is 60.6. The van der Waals surface area contributed by atoms with Crippen molar-refractivity contribution in [3.8, 4) is 0 Å². The summed E-state index contributed by atoms with van der Waals surface area (Å²) >= 11 is 0.711. The normalized spacial score (nSPS) is 19.8. The molecule has 0 bridgehead atoms. The number of sulfone groups is 1. The standard InChI is InChI=1S/C13H18F3NO2S2/c14-13(15,16)12-11(2-6-20-12)9-17-5-1-10-3-7-21(18,19)8-4-10/h2,6,10,17H,1,3-5,7-9H2. The SMILES string of the molecule is O=S1(=O)CCC(CCNCc2ccsc2C(F)(F)F)CC1. The Kier molecular flexibility index (Phi) is 5.32. The van der Waals surface area contributed by atoms with Crippen molar-refractivity contribution >= 4 is 21.2 Å². The summed E-state index contributed by atoms with van der Waals surface area (Å²) in [6.45, 7) is 0.807. The fraction of sp³-hybridized carbons (Fsp3) is 0.692. The number of thiophene rings is 1. The van der Waals surface area contributed by atoms with Crippen LogP contribution in [0.1, 0.15) is 29.7 Å². The van der Waals surface area contributed by atoms with Crippen LogP contribution in [0.5, 0.6) is 0 Å². The maximum absolute atomic E-state index is 12.7. The highest BCUT2D eigenvalue weighted by Crippen LogP contribution is 2.35. The average Bonchev–Trinajstić information content (AvgIpc) is 2.84. The van der Waals surface area contributed by atoms with Crippen molar-refractivity contribution < 1.29 is 21.6 Å². The van der Waals surface area contributed by atoms with Crippen molar-refractivity contribution in [2.75, 3.05) is 18.1 Å². The van der Waals surface area contributed by atoms with Gasteiger partial charge in [-0.25, -0.2) is 8.42 Å². The molecule has 0 unspecified atom stereocenters. The first-order valence-electron chi connectivity index (χ1n) is 6.82. The molecule has 0 atom stereocenters. The summed E-state index contributed by atoms with van der Waals surface area (Å²) in [7, 11) is -2.85. The lowest BCUT2D eigenvalue weighted by Gasteiger charge is -2.21. The Labute approximate surface area is 126 Å². The maximum Gasteiger partial charge on any atom is 0.425 e. The molecule has 0 spiro atoms. The van der Waals surface area contributed by atoms with Crippen LogP contribution in [0.15, 0.2) is 11.4 Å². The first kappa shape index (κ1) is 16.8. The van der Waals surface area contributed by atoms with E-state index in [1.807, 2.05) is 0 Å². The molecule has 2 heterocycles. The first-order chi connectivity index (χ1) is 9.78. The highest BCUT2D eigenvalue weighted by atomic mass is 32.2.